The molecule has 116 valence electrons. The number of hydrogen-bond donors (Lipinski definition) is 0. The predicted octanol–water partition coefficient (Wildman–Crippen LogP) is 5.21. The summed E-state index contributed by atoms with van der Waals surface area (Å²) in [4.78, 5) is 31.1. The van der Waals surface area contributed by atoms with E-state index in [9.17, 15) is 9.59 Å². The number of hydrogen-bond acceptors (Lipinski definition) is 4. The highest BCUT2D eigenvalue weighted by Crippen LogP contribution is 2.49. The quantitative estimate of drug-likeness (QED) is 0.515. The van der Waals surface area contributed by atoms with Crippen molar-refractivity contribution in [3.05, 3.63) is 16.0 Å². The molecular formula is C16H15Br2NO2S. The molecule has 0 aromatic carbocycles. The van der Waals surface area contributed by atoms with Crippen LogP contribution in [0.2, 0.25) is 0 Å². The molecule has 3 nitrogen and oxygen atoms in total. The van der Waals surface area contributed by atoms with Gasteiger partial charge in [0.25, 0.3) is 0 Å². The molecule has 0 unspecified atom stereocenters. The fourth-order valence-corrected chi connectivity index (χ4v) is 5.99. The van der Waals surface area contributed by atoms with E-state index in [-0.39, 0.29) is 17.5 Å². The Balaban J connectivity index is 1.85. The van der Waals surface area contributed by atoms with Crippen LogP contribution in [0.3, 0.4) is 0 Å². The summed E-state index contributed by atoms with van der Waals surface area (Å²) in [5, 5.41) is 0.772. The van der Waals surface area contributed by atoms with Crippen molar-refractivity contribution in [2.24, 2.45) is 10.9 Å². The summed E-state index contributed by atoms with van der Waals surface area (Å²) in [5.41, 5.74) is 2.74. The Kier molecular flexibility index (Phi) is 3.70. The van der Waals surface area contributed by atoms with Gasteiger partial charge in [-0.05, 0) is 37.7 Å². The summed E-state index contributed by atoms with van der Waals surface area (Å²) in [7, 11) is 0. The Bertz CT molecular complexity index is 720. The van der Waals surface area contributed by atoms with Gasteiger partial charge in [0, 0.05) is 5.71 Å². The van der Waals surface area contributed by atoms with Gasteiger partial charge in [-0.15, -0.1) is 11.3 Å². The van der Waals surface area contributed by atoms with Gasteiger partial charge in [-0.1, -0.05) is 44.7 Å². The van der Waals surface area contributed by atoms with Crippen LogP contribution in [0.15, 0.2) is 4.99 Å². The van der Waals surface area contributed by atoms with Crippen LogP contribution >= 0.6 is 43.2 Å². The van der Waals surface area contributed by atoms with Gasteiger partial charge in [0.2, 0.25) is 0 Å². The predicted molar refractivity (Wildman–Crippen MR) is 95.6 cm³/mol. The highest BCUT2D eigenvalue weighted by Gasteiger charge is 2.44. The first-order chi connectivity index (χ1) is 10.5. The molecule has 1 aromatic rings. The Labute approximate surface area is 149 Å². The molecule has 2 heterocycles. The SMILES string of the molecule is O=C1c2c(sc3c2CCC(Br)(Br)C3=O)N=C2CCCCC[C@H]12. The molecule has 0 radical (unpaired) electrons. The summed E-state index contributed by atoms with van der Waals surface area (Å²) in [6, 6.07) is 0. The molecule has 1 atom stereocenters. The summed E-state index contributed by atoms with van der Waals surface area (Å²) < 4.78 is -0.680. The molecule has 0 saturated heterocycles. The minimum atomic E-state index is -0.680. The normalized spacial score (nSPS) is 26.6. The van der Waals surface area contributed by atoms with Crippen LogP contribution in [0, 0.1) is 5.92 Å². The van der Waals surface area contributed by atoms with Gasteiger partial charge in [0.15, 0.2) is 11.6 Å². The number of thiophene rings is 1. The van der Waals surface area contributed by atoms with Crippen molar-refractivity contribution in [2.45, 2.75) is 48.2 Å². The zero-order valence-electron chi connectivity index (χ0n) is 12.0. The van der Waals surface area contributed by atoms with Crippen LogP contribution in [0.25, 0.3) is 0 Å². The molecule has 1 aromatic heterocycles. The Morgan fingerprint density at radius 2 is 1.95 bits per heavy atom. The van der Waals surface area contributed by atoms with Crippen LogP contribution in [0.5, 0.6) is 0 Å². The second-order valence-electron chi connectivity index (χ2n) is 6.24. The average molecular weight is 445 g/mol. The molecule has 0 N–H and O–H groups in total. The molecule has 0 amide bonds. The van der Waals surface area contributed by atoms with E-state index in [4.69, 9.17) is 4.99 Å². The molecule has 0 spiro atoms. The lowest BCUT2D eigenvalue weighted by molar-refractivity contribution is 0.0947. The number of fused-ring (bicyclic) bond motifs is 4. The average Bonchev–Trinajstić information content (AvgIpc) is 2.67. The second-order valence-corrected chi connectivity index (χ2v) is 11.0. The maximum absolute atomic E-state index is 13.0. The number of alkyl halides is 2. The maximum Gasteiger partial charge on any atom is 0.200 e. The molecule has 1 saturated carbocycles. The van der Waals surface area contributed by atoms with E-state index in [1.54, 1.807) is 0 Å². The highest BCUT2D eigenvalue weighted by molar-refractivity contribution is 9.26. The van der Waals surface area contributed by atoms with E-state index in [1.807, 2.05) is 0 Å². The van der Waals surface area contributed by atoms with Gasteiger partial charge in [-0.25, -0.2) is 4.99 Å². The molecule has 6 heteroatoms. The van der Waals surface area contributed by atoms with Crippen molar-refractivity contribution in [1.82, 2.24) is 0 Å². The molecule has 22 heavy (non-hydrogen) atoms. The monoisotopic (exact) mass is 443 g/mol. The number of aliphatic imine (C=N–C) groups is 1. The number of Topliss-reactive ketones (excluding diaryl/α,β-unsaturated/α-hetero) is 2. The first kappa shape index (κ1) is 15.2. The zero-order chi connectivity index (χ0) is 15.5. The summed E-state index contributed by atoms with van der Waals surface area (Å²) in [5.74, 6) is 0.202. The van der Waals surface area contributed by atoms with Crippen molar-refractivity contribution in [3.8, 4) is 0 Å². The number of carbonyl (C=O) groups excluding carboxylic acids is 2. The smallest absolute Gasteiger partial charge is 0.200 e. The molecule has 0 bridgehead atoms. The van der Waals surface area contributed by atoms with Gasteiger partial charge in [0.1, 0.15) is 8.23 Å². The second kappa shape index (κ2) is 5.35. The summed E-state index contributed by atoms with van der Waals surface area (Å²) >= 11 is 8.32. The van der Waals surface area contributed by atoms with Crippen molar-refractivity contribution < 1.29 is 9.59 Å². The summed E-state index contributed by atoms with van der Waals surface area (Å²) in [6.07, 6.45) is 6.64. The van der Waals surface area contributed by atoms with E-state index in [2.05, 4.69) is 31.9 Å². The van der Waals surface area contributed by atoms with E-state index in [0.29, 0.717) is 11.3 Å². The highest BCUT2D eigenvalue weighted by atomic mass is 79.9. The van der Waals surface area contributed by atoms with Crippen LogP contribution in [0.4, 0.5) is 5.00 Å². The fraction of sp³-hybridized carbons (Fsp3) is 0.562. The molecule has 3 aliphatic rings. The number of carbonyl (C=O) groups is 2. The largest absolute Gasteiger partial charge is 0.293 e. The Hall–Kier alpha value is -0.330. The van der Waals surface area contributed by atoms with Crippen molar-refractivity contribution in [3.63, 3.8) is 0 Å². The van der Waals surface area contributed by atoms with Gasteiger partial charge < -0.3 is 0 Å². The lowest BCUT2D eigenvalue weighted by Gasteiger charge is -2.25. The Morgan fingerprint density at radius 1 is 1.14 bits per heavy atom. The zero-order valence-corrected chi connectivity index (χ0v) is 15.9. The third-order valence-corrected chi connectivity index (χ3v) is 7.49. The molecule has 2 aliphatic carbocycles. The molecule has 4 rings (SSSR count). The lowest BCUT2D eigenvalue weighted by Crippen LogP contribution is -2.31. The van der Waals surface area contributed by atoms with Crippen LogP contribution in [0.1, 0.15) is 64.1 Å². The topological polar surface area (TPSA) is 46.5 Å². The standard InChI is InChI=1S/C16H15Br2NO2S/c17-16(18)7-6-9-11-12(20)8-4-2-1-3-5-10(8)19-15(11)22-13(9)14(16)21/h8H,1-7H2/t8-/m0/s1. The van der Waals surface area contributed by atoms with Crippen LogP contribution in [-0.2, 0) is 6.42 Å². The van der Waals surface area contributed by atoms with Crippen molar-refractivity contribution in [1.29, 1.82) is 0 Å². The van der Waals surface area contributed by atoms with E-state index in [1.165, 1.54) is 17.8 Å². The minimum Gasteiger partial charge on any atom is -0.293 e. The summed E-state index contributed by atoms with van der Waals surface area (Å²) in [6.45, 7) is 0. The molecular weight excluding hydrogens is 430 g/mol. The maximum atomic E-state index is 13.0. The van der Waals surface area contributed by atoms with Crippen LogP contribution < -0.4 is 0 Å². The van der Waals surface area contributed by atoms with Gasteiger partial charge in [-0.3, -0.25) is 9.59 Å². The van der Waals surface area contributed by atoms with Crippen molar-refractivity contribution >= 4 is 65.5 Å². The Morgan fingerprint density at radius 3 is 2.77 bits per heavy atom. The van der Waals surface area contributed by atoms with E-state index in [0.717, 1.165) is 53.9 Å². The molecule has 1 fully saturated rings. The number of ketones is 2. The van der Waals surface area contributed by atoms with Crippen molar-refractivity contribution in [2.75, 3.05) is 0 Å². The molecule has 1 aliphatic heterocycles. The minimum absolute atomic E-state index is 0.0290. The first-order valence-corrected chi connectivity index (χ1v) is 10.1. The first-order valence-electron chi connectivity index (χ1n) is 7.69. The fourth-order valence-electron chi connectivity index (χ4n) is 3.66. The van der Waals surface area contributed by atoms with Gasteiger partial charge in [0.05, 0.1) is 16.4 Å². The van der Waals surface area contributed by atoms with E-state index >= 15 is 0 Å². The third-order valence-electron chi connectivity index (χ3n) is 4.85. The van der Waals surface area contributed by atoms with E-state index < -0.39 is 3.23 Å². The van der Waals surface area contributed by atoms with Gasteiger partial charge in [-0.2, -0.15) is 0 Å². The van der Waals surface area contributed by atoms with Crippen LogP contribution in [-0.4, -0.2) is 20.5 Å². The number of halogens is 2. The lowest BCUT2D eigenvalue weighted by atomic mass is 9.84. The number of nitrogens with zero attached hydrogens (tertiary/aromatic N) is 1. The third kappa shape index (κ3) is 2.21. The number of rotatable bonds is 0. The van der Waals surface area contributed by atoms with Gasteiger partial charge >= 0.3 is 0 Å².